The number of benzene rings is 1. The van der Waals surface area contributed by atoms with Gasteiger partial charge in [0.15, 0.2) is 7.28 Å². The molecule has 0 spiro atoms. The largest absolute Gasteiger partial charge is 0.444 e. The van der Waals surface area contributed by atoms with Crippen molar-refractivity contribution in [3.05, 3.63) is 30.3 Å². The molecule has 0 bridgehead atoms. The lowest BCUT2D eigenvalue weighted by Gasteiger charge is -2.35. The second kappa shape index (κ2) is 9.55. The molecular formula is C16H28BN2O4. The van der Waals surface area contributed by atoms with E-state index in [1.165, 1.54) is 5.46 Å². The summed E-state index contributed by atoms with van der Waals surface area (Å²) in [6.45, 7) is 8.95. The lowest BCUT2D eigenvalue weighted by atomic mass is 9.70. The Hall–Kier alpha value is -1.57. The fraction of sp³-hybridized carbons (Fsp3) is 0.562. The predicted octanol–water partition coefficient (Wildman–Crippen LogP) is -0.123. The molecule has 1 heterocycles. The molecule has 1 aromatic rings. The molecule has 1 amide bonds. The normalized spacial score (nSPS) is 15.2. The Kier molecular flexibility index (Phi) is 8.90. The topological polar surface area (TPSA) is 95.8 Å². The van der Waals surface area contributed by atoms with Gasteiger partial charge in [-0.15, -0.1) is 0 Å². The molecule has 6 nitrogen and oxygen atoms in total. The van der Waals surface area contributed by atoms with Gasteiger partial charge in [0.2, 0.25) is 0 Å². The Morgan fingerprint density at radius 1 is 1.09 bits per heavy atom. The number of rotatable bonds is 3. The number of hydrogen-bond acceptors (Lipinski definition) is 3. The minimum Gasteiger partial charge on any atom is -0.444 e. The van der Waals surface area contributed by atoms with E-state index in [0.29, 0.717) is 0 Å². The molecule has 0 saturated carbocycles. The molecule has 7 heteroatoms. The van der Waals surface area contributed by atoms with E-state index in [4.69, 9.17) is 4.74 Å². The van der Waals surface area contributed by atoms with Gasteiger partial charge in [-0.3, -0.25) is 0 Å². The second-order valence-electron chi connectivity index (χ2n) is 6.38. The van der Waals surface area contributed by atoms with Gasteiger partial charge in [-0.1, -0.05) is 35.8 Å². The van der Waals surface area contributed by atoms with E-state index in [9.17, 15) is 4.79 Å². The summed E-state index contributed by atoms with van der Waals surface area (Å²) in [6.07, 6.45) is 0.723. The maximum atomic E-state index is 12.0. The van der Waals surface area contributed by atoms with E-state index in [2.05, 4.69) is 24.3 Å². The van der Waals surface area contributed by atoms with E-state index in [-0.39, 0.29) is 17.0 Å². The molecule has 4 N–H and O–H groups in total. The predicted molar refractivity (Wildman–Crippen MR) is 93.3 cm³/mol. The van der Waals surface area contributed by atoms with Crippen LogP contribution >= 0.6 is 0 Å². The first-order valence-corrected chi connectivity index (χ1v) is 7.52. The van der Waals surface area contributed by atoms with Gasteiger partial charge in [0.1, 0.15) is 5.60 Å². The standard InChI is InChI=1S/C16H24BN2O2.2H2O/c1-16(2,3)21-15(20)19-11-9-18(10-12-19)13-17-14-7-5-4-6-8-14;;/h4-8H,9-13H2,1-3H3;2*1H2. The van der Waals surface area contributed by atoms with Crippen LogP contribution < -0.4 is 5.46 Å². The minimum absolute atomic E-state index is 0. The molecule has 1 radical (unpaired) electrons. The van der Waals surface area contributed by atoms with Crippen LogP contribution in [0.3, 0.4) is 0 Å². The Morgan fingerprint density at radius 2 is 1.65 bits per heavy atom. The second-order valence-corrected chi connectivity index (χ2v) is 6.38. The van der Waals surface area contributed by atoms with Crippen molar-refractivity contribution in [3.63, 3.8) is 0 Å². The number of carbonyl (C=O) groups excluding carboxylic acids is 1. The van der Waals surface area contributed by atoms with E-state index in [0.717, 1.165) is 32.6 Å². The number of ether oxygens (including phenoxy) is 1. The summed E-state index contributed by atoms with van der Waals surface area (Å²) in [6, 6.07) is 10.3. The third kappa shape index (κ3) is 7.50. The fourth-order valence-electron chi connectivity index (χ4n) is 2.26. The highest BCUT2D eigenvalue weighted by atomic mass is 16.6. The van der Waals surface area contributed by atoms with Crippen LogP contribution in [0.15, 0.2) is 30.3 Å². The minimum atomic E-state index is -0.421. The first kappa shape index (κ1) is 21.4. The van der Waals surface area contributed by atoms with Crippen molar-refractivity contribution < 1.29 is 20.5 Å². The highest BCUT2D eigenvalue weighted by molar-refractivity contribution is 6.53. The van der Waals surface area contributed by atoms with Gasteiger partial charge in [0, 0.05) is 26.2 Å². The molecule has 2 rings (SSSR count). The third-order valence-electron chi connectivity index (χ3n) is 3.41. The van der Waals surface area contributed by atoms with Gasteiger partial charge >= 0.3 is 6.09 Å². The van der Waals surface area contributed by atoms with Crippen molar-refractivity contribution in [1.82, 2.24) is 9.80 Å². The van der Waals surface area contributed by atoms with Crippen molar-refractivity contribution in [2.24, 2.45) is 0 Å². The highest BCUT2D eigenvalue weighted by Crippen LogP contribution is 2.11. The summed E-state index contributed by atoms with van der Waals surface area (Å²) in [5.41, 5.74) is 0.821. The molecule has 1 aliphatic heterocycles. The lowest BCUT2D eigenvalue weighted by molar-refractivity contribution is 0.0158. The molecular weight excluding hydrogens is 295 g/mol. The maximum absolute atomic E-state index is 12.0. The summed E-state index contributed by atoms with van der Waals surface area (Å²) in [5.74, 6) is 0. The van der Waals surface area contributed by atoms with Crippen LogP contribution in [0.2, 0.25) is 0 Å². The number of nitrogens with zero attached hydrogens (tertiary/aromatic N) is 2. The van der Waals surface area contributed by atoms with Crippen molar-refractivity contribution >= 4 is 18.8 Å². The average Bonchev–Trinajstić information content (AvgIpc) is 2.45. The van der Waals surface area contributed by atoms with E-state index in [1.807, 2.05) is 39.0 Å². The first-order chi connectivity index (χ1) is 9.94. The number of piperazine rings is 1. The van der Waals surface area contributed by atoms with Gasteiger partial charge < -0.3 is 25.5 Å². The van der Waals surface area contributed by atoms with Crippen LogP contribution in [0.5, 0.6) is 0 Å². The van der Waals surface area contributed by atoms with Gasteiger partial charge in [-0.05, 0) is 27.2 Å². The Balaban J connectivity index is 0.00000242. The molecule has 1 aromatic carbocycles. The van der Waals surface area contributed by atoms with Crippen LogP contribution in [-0.2, 0) is 4.74 Å². The molecule has 0 aromatic heterocycles. The average molecular weight is 323 g/mol. The molecule has 1 aliphatic rings. The summed E-state index contributed by atoms with van der Waals surface area (Å²) in [7, 11) is 2.23. The summed E-state index contributed by atoms with van der Waals surface area (Å²) in [5, 5.41) is 0. The number of carbonyl (C=O) groups is 1. The quantitative estimate of drug-likeness (QED) is 0.725. The Morgan fingerprint density at radius 3 is 2.17 bits per heavy atom. The first-order valence-electron chi connectivity index (χ1n) is 7.52. The zero-order chi connectivity index (χ0) is 15.3. The molecule has 1 saturated heterocycles. The van der Waals surface area contributed by atoms with Gasteiger partial charge in [0.05, 0.1) is 0 Å². The maximum Gasteiger partial charge on any atom is 0.410 e. The van der Waals surface area contributed by atoms with Gasteiger partial charge in [-0.25, -0.2) is 4.79 Å². The van der Waals surface area contributed by atoms with E-state index in [1.54, 1.807) is 4.90 Å². The Labute approximate surface area is 139 Å². The molecule has 0 aliphatic carbocycles. The fourth-order valence-corrected chi connectivity index (χ4v) is 2.26. The molecule has 1 fully saturated rings. The van der Waals surface area contributed by atoms with Crippen LogP contribution in [0.1, 0.15) is 20.8 Å². The molecule has 129 valence electrons. The number of amides is 1. The van der Waals surface area contributed by atoms with Crippen LogP contribution in [-0.4, -0.2) is 72.3 Å². The van der Waals surface area contributed by atoms with Crippen LogP contribution in [0, 0.1) is 0 Å². The van der Waals surface area contributed by atoms with Crippen molar-refractivity contribution in [2.75, 3.05) is 32.6 Å². The van der Waals surface area contributed by atoms with Crippen LogP contribution in [0.25, 0.3) is 0 Å². The van der Waals surface area contributed by atoms with E-state index < -0.39 is 5.60 Å². The molecule has 23 heavy (non-hydrogen) atoms. The highest BCUT2D eigenvalue weighted by Gasteiger charge is 2.25. The summed E-state index contributed by atoms with van der Waals surface area (Å²) >= 11 is 0. The monoisotopic (exact) mass is 323 g/mol. The van der Waals surface area contributed by atoms with Crippen LogP contribution in [0.4, 0.5) is 4.79 Å². The third-order valence-corrected chi connectivity index (χ3v) is 3.41. The number of hydrogen-bond donors (Lipinski definition) is 0. The molecule has 0 atom stereocenters. The van der Waals surface area contributed by atoms with Crippen molar-refractivity contribution in [3.8, 4) is 0 Å². The lowest BCUT2D eigenvalue weighted by Crippen LogP contribution is -2.51. The van der Waals surface area contributed by atoms with Gasteiger partial charge in [0.25, 0.3) is 0 Å². The van der Waals surface area contributed by atoms with Gasteiger partial charge in [-0.2, -0.15) is 0 Å². The van der Waals surface area contributed by atoms with E-state index >= 15 is 0 Å². The zero-order valence-electron chi connectivity index (χ0n) is 14.2. The summed E-state index contributed by atoms with van der Waals surface area (Å²) in [4.78, 5) is 16.1. The zero-order valence-corrected chi connectivity index (χ0v) is 14.2. The Bertz CT molecular complexity index is 457. The SMILES string of the molecule is CC(C)(C)OC(=O)N1CCN(C[B]c2ccccc2)CC1.O.O. The summed E-state index contributed by atoms with van der Waals surface area (Å²) < 4.78 is 5.40. The smallest absolute Gasteiger partial charge is 0.410 e. The van der Waals surface area contributed by atoms with Crippen molar-refractivity contribution in [1.29, 1.82) is 0 Å². The molecule has 0 unspecified atom stereocenters. The van der Waals surface area contributed by atoms with Crippen molar-refractivity contribution in [2.45, 2.75) is 26.4 Å².